The highest BCUT2D eigenvalue weighted by Crippen LogP contribution is 2.30. The van der Waals surface area contributed by atoms with Crippen LogP contribution in [0.4, 0.5) is 0 Å². The number of nitrogens with two attached hydrogens (primary N) is 1. The maximum atomic E-state index is 13.2. The second-order valence-corrected chi connectivity index (χ2v) is 8.76. The van der Waals surface area contributed by atoms with Gasteiger partial charge in [-0.3, -0.25) is 19.0 Å². The van der Waals surface area contributed by atoms with E-state index in [1.54, 1.807) is 0 Å². The number of hydrogen-bond donors (Lipinski definition) is 2. The highest BCUT2D eigenvalue weighted by molar-refractivity contribution is 7.17. The van der Waals surface area contributed by atoms with Crippen LogP contribution in [0.5, 0.6) is 0 Å². The molecule has 0 spiro atoms. The molecule has 2 aromatic carbocycles. The third kappa shape index (κ3) is 5.18. The Morgan fingerprint density at radius 2 is 1.85 bits per heavy atom. The number of amides is 2. The third-order valence-corrected chi connectivity index (χ3v) is 6.35. The highest BCUT2D eigenvalue weighted by Gasteiger charge is 2.19. The van der Waals surface area contributed by atoms with E-state index < -0.39 is 11.9 Å². The average molecular weight is 461 g/mol. The molecule has 1 unspecified atom stereocenters. The Bertz CT molecular complexity index is 1340. The minimum atomic E-state index is -0.817. The van der Waals surface area contributed by atoms with Crippen molar-refractivity contribution in [3.05, 3.63) is 87.8 Å². The summed E-state index contributed by atoms with van der Waals surface area (Å²) in [7, 11) is 0. The molecular weight excluding hydrogens is 436 g/mol. The van der Waals surface area contributed by atoms with Gasteiger partial charge in [0.2, 0.25) is 11.8 Å². The van der Waals surface area contributed by atoms with Gasteiger partial charge in [0.05, 0.1) is 11.7 Å². The van der Waals surface area contributed by atoms with Crippen LogP contribution in [0.15, 0.2) is 71.1 Å². The predicted octanol–water partition coefficient (Wildman–Crippen LogP) is 3.04. The van der Waals surface area contributed by atoms with Crippen molar-refractivity contribution in [2.75, 3.05) is 0 Å². The Kier molecular flexibility index (Phi) is 6.65. The van der Waals surface area contributed by atoms with Gasteiger partial charge in [0.1, 0.15) is 10.9 Å². The lowest BCUT2D eigenvalue weighted by Gasteiger charge is -2.16. The molecule has 3 N–H and O–H groups in total. The molecule has 4 aromatic rings. The van der Waals surface area contributed by atoms with Crippen molar-refractivity contribution in [3.8, 4) is 11.1 Å². The monoisotopic (exact) mass is 460 g/mol. The fraction of sp³-hybridized carbons (Fsp3) is 0.200. The highest BCUT2D eigenvalue weighted by atomic mass is 32.1. The first-order chi connectivity index (χ1) is 15.9. The smallest absolute Gasteiger partial charge is 0.262 e. The summed E-state index contributed by atoms with van der Waals surface area (Å²) in [6, 6.07) is 16.5. The second-order valence-electron chi connectivity index (χ2n) is 7.90. The van der Waals surface area contributed by atoms with Crippen LogP contribution in [-0.2, 0) is 22.6 Å². The zero-order valence-electron chi connectivity index (χ0n) is 18.2. The van der Waals surface area contributed by atoms with Crippen molar-refractivity contribution >= 4 is 33.4 Å². The van der Waals surface area contributed by atoms with Gasteiger partial charge in [0.25, 0.3) is 5.56 Å². The molecule has 168 valence electrons. The number of fused-ring (bicyclic) bond motifs is 1. The van der Waals surface area contributed by atoms with Crippen LogP contribution in [0.3, 0.4) is 0 Å². The van der Waals surface area contributed by atoms with Crippen LogP contribution in [0.2, 0.25) is 0 Å². The Hall–Kier alpha value is -3.78. The van der Waals surface area contributed by atoms with Crippen molar-refractivity contribution in [3.63, 3.8) is 0 Å². The Morgan fingerprint density at radius 3 is 2.55 bits per heavy atom. The van der Waals surface area contributed by atoms with E-state index in [0.717, 1.165) is 22.3 Å². The largest absolute Gasteiger partial charge is 0.368 e. The number of nitrogens with one attached hydrogen (secondary N) is 1. The molecular formula is C25H24N4O3S. The maximum Gasteiger partial charge on any atom is 0.262 e. The van der Waals surface area contributed by atoms with E-state index in [1.807, 2.05) is 66.9 Å². The topological polar surface area (TPSA) is 107 Å². The first-order valence-electron chi connectivity index (χ1n) is 10.6. The van der Waals surface area contributed by atoms with Gasteiger partial charge in [-0.05, 0) is 18.1 Å². The lowest BCUT2D eigenvalue weighted by atomic mass is 10.0. The summed E-state index contributed by atoms with van der Waals surface area (Å²) >= 11 is 1.42. The van der Waals surface area contributed by atoms with E-state index >= 15 is 0 Å². The minimum Gasteiger partial charge on any atom is -0.368 e. The van der Waals surface area contributed by atoms with Crippen LogP contribution < -0.4 is 16.6 Å². The lowest BCUT2D eigenvalue weighted by Crippen LogP contribution is -2.46. The summed E-state index contributed by atoms with van der Waals surface area (Å²) in [5.74, 6) is -0.959. The van der Waals surface area contributed by atoms with Crippen LogP contribution in [0.1, 0.15) is 17.5 Å². The molecule has 0 bridgehead atoms. The summed E-state index contributed by atoms with van der Waals surface area (Å²) < 4.78 is 1.43. The van der Waals surface area contributed by atoms with Crippen LogP contribution in [0, 0.1) is 6.92 Å². The van der Waals surface area contributed by atoms with E-state index in [1.165, 1.54) is 22.2 Å². The minimum absolute atomic E-state index is 0.0235. The molecule has 8 heteroatoms. The fourth-order valence-corrected chi connectivity index (χ4v) is 4.54. The molecule has 0 saturated heterocycles. The number of hydrogen-bond acceptors (Lipinski definition) is 5. The normalized spacial score (nSPS) is 11.9. The quantitative estimate of drug-likeness (QED) is 0.421. The molecule has 4 rings (SSSR count). The van der Waals surface area contributed by atoms with Crippen molar-refractivity contribution in [1.29, 1.82) is 0 Å². The van der Waals surface area contributed by atoms with Crippen molar-refractivity contribution in [1.82, 2.24) is 14.9 Å². The molecule has 0 aliphatic heterocycles. The maximum absolute atomic E-state index is 13.2. The summed E-state index contributed by atoms with van der Waals surface area (Å²) in [5, 5.41) is 5.16. The first kappa shape index (κ1) is 22.4. The zero-order valence-corrected chi connectivity index (χ0v) is 19.0. The number of carbonyl (C=O) groups is 2. The molecule has 2 aromatic heterocycles. The van der Waals surface area contributed by atoms with Gasteiger partial charge in [-0.25, -0.2) is 4.98 Å². The third-order valence-electron chi connectivity index (χ3n) is 5.46. The van der Waals surface area contributed by atoms with Gasteiger partial charge in [-0.15, -0.1) is 11.3 Å². The summed E-state index contributed by atoms with van der Waals surface area (Å²) in [5.41, 5.74) is 9.11. The number of benzene rings is 2. The van der Waals surface area contributed by atoms with Crippen LogP contribution in [0.25, 0.3) is 21.3 Å². The predicted molar refractivity (Wildman–Crippen MR) is 130 cm³/mol. The number of nitrogens with zero attached hydrogens (tertiary/aromatic N) is 2. The number of rotatable bonds is 8. The molecule has 1 atom stereocenters. The number of aryl methyl sites for hydroxylation is 2. The van der Waals surface area contributed by atoms with Gasteiger partial charge in [0.15, 0.2) is 0 Å². The van der Waals surface area contributed by atoms with Crippen molar-refractivity contribution in [2.24, 2.45) is 5.73 Å². The summed E-state index contributed by atoms with van der Waals surface area (Å²) in [6.07, 6.45) is 1.79. The number of carbonyl (C=O) groups excluding carboxylic acids is 2. The Balaban J connectivity index is 1.48. The van der Waals surface area contributed by atoms with E-state index in [0.29, 0.717) is 16.6 Å². The van der Waals surface area contributed by atoms with Crippen molar-refractivity contribution in [2.45, 2.75) is 32.4 Å². The van der Waals surface area contributed by atoms with Gasteiger partial charge in [0, 0.05) is 30.3 Å². The van der Waals surface area contributed by atoms with Gasteiger partial charge < -0.3 is 11.1 Å². The SMILES string of the molecule is Cc1ccc(-c2csc3ncn(CCC(=O)NC(Cc4ccccc4)C(N)=O)c(=O)c23)cc1. The van der Waals surface area contributed by atoms with E-state index in [4.69, 9.17) is 5.73 Å². The van der Waals surface area contributed by atoms with Crippen LogP contribution in [-0.4, -0.2) is 27.4 Å². The van der Waals surface area contributed by atoms with Gasteiger partial charge in [-0.1, -0.05) is 60.2 Å². The van der Waals surface area contributed by atoms with Gasteiger partial charge in [-0.2, -0.15) is 0 Å². The Morgan fingerprint density at radius 1 is 1.12 bits per heavy atom. The lowest BCUT2D eigenvalue weighted by molar-refractivity contribution is -0.127. The standard InChI is InChI=1S/C25H24N4O3S/c1-16-7-9-18(10-8-16)19-14-33-24-22(19)25(32)29(15-27-24)12-11-21(30)28-20(23(26)31)13-17-5-3-2-4-6-17/h2-10,14-15,20H,11-13H2,1H3,(H2,26,31)(H,28,30). The number of primary amides is 1. The van der Waals surface area contributed by atoms with E-state index in [9.17, 15) is 14.4 Å². The summed E-state index contributed by atoms with van der Waals surface area (Å²) in [6.45, 7) is 2.16. The van der Waals surface area contributed by atoms with Crippen LogP contribution >= 0.6 is 11.3 Å². The molecule has 33 heavy (non-hydrogen) atoms. The molecule has 0 aliphatic carbocycles. The molecule has 0 radical (unpaired) electrons. The summed E-state index contributed by atoms with van der Waals surface area (Å²) in [4.78, 5) is 42.6. The zero-order chi connectivity index (χ0) is 23.4. The molecule has 7 nitrogen and oxygen atoms in total. The molecule has 2 heterocycles. The Labute approximate surface area is 194 Å². The first-order valence-corrected chi connectivity index (χ1v) is 11.5. The fourth-order valence-electron chi connectivity index (χ4n) is 3.63. The molecule has 2 amide bonds. The van der Waals surface area contributed by atoms with E-state index in [2.05, 4.69) is 10.3 Å². The molecule has 0 fully saturated rings. The number of aromatic nitrogens is 2. The molecule has 0 aliphatic rings. The van der Waals surface area contributed by atoms with Crippen molar-refractivity contribution < 1.29 is 9.59 Å². The van der Waals surface area contributed by atoms with Gasteiger partial charge >= 0.3 is 0 Å². The average Bonchev–Trinajstić information content (AvgIpc) is 3.24. The second kappa shape index (κ2) is 9.79. The molecule has 0 saturated carbocycles. The van der Waals surface area contributed by atoms with E-state index in [-0.39, 0.29) is 24.4 Å². The number of thiophene rings is 1.